The molecule has 3 rings (SSSR count). The second-order valence-corrected chi connectivity index (χ2v) is 7.98. The Labute approximate surface area is 168 Å². The average Bonchev–Trinajstić information content (AvgIpc) is 2.70. The van der Waals surface area contributed by atoms with E-state index in [1.54, 1.807) is 12.4 Å². The van der Waals surface area contributed by atoms with E-state index >= 15 is 0 Å². The lowest BCUT2D eigenvalue weighted by Crippen LogP contribution is -2.51. The number of rotatable bonds is 6. The number of amides is 1. The number of nitrogens with zero attached hydrogens (tertiary/aromatic N) is 3. The molecule has 2 aromatic rings. The number of aromatic nitrogens is 1. The molecule has 0 bridgehead atoms. The lowest BCUT2D eigenvalue weighted by Gasteiger charge is -2.40. The van der Waals surface area contributed by atoms with E-state index in [0.29, 0.717) is 13.1 Å². The maximum atomic E-state index is 13.2. The van der Waals surface area contributed by atoms with Gasteiger partial charge < -0.3 is 10.0 Å². The fraction of sp³-hybridized carbons (Fsp3) is 0.478. The van der Waals surface area contributed by atoms with Crippen LogP contribution in [0.25, 0.3) is 0 Å². The molecule has 0 saturated carbocycles. The summed E-state index contributed by atoms with van der Waals surface area (Å²) < 4.78 is 0. The summed E-state index contributed by atoms with van der Waals surface area (Å²) >= 11 is 0. The quantitative estimate of drug-likeness (QED) is 0.836. The Kier molecular flexibility index (Phi) is 6.81. The molecule has 1 fully saturated rings. The predicted molar refractivity (Wildman–Crippen MR) is 111 cm³/mol. The fourth-order valence-electron chi connectivity index (χ4n) is 4.14. The molecule has 2 heterocycles. The molecular formula is C23H31N3O2. The highest BCUT2D eigenvalue weighted by Crippen LogP contribution is 2.28. The van der Waals surface area contributed by atoms with Crippen LogP contribution in [0, 0.1) is 12.8 Å². The molecule has 1 saturated heterocycles. The van der Waals surface area contributed by atoms with Crippen LogP contribution in [-0.2, 0) is 4.79 Å². The Balaban J connectivity index is 1.67. The van der Waals surface area contributed by atoms with E-state index in [4.69, 9.17) is 0 Å². The smallest absolute Gasteiger partial charge is 0.230 e. The molecule has 1 aliphatic rings. The molecule has 1 amide bonds. The summed E-state index contributed by atoms with van der Waals surface area (Å²) in [5, 5.41) is 9.98. The van der Waals surface area contributed by atoms with Gasteiger partial charge in [-0.1, -0.05) is 43.7 Å². The minimum absolute atomic E-state index is 0.0155. The Morgan fingerprint density at radius 3 is 2.32 bits per heavy atom. The van der Waals surface area contributed by atoms with Gasteiger partial charge in [0.25, 0.3) is 0 Å². The van der Waals surface area contributed by atoms with E-state index in [-0.39, 0.29) is 30.4 Å². The molecule has 0 spiro atoms. The van der Waals surface area contributed by atoms with E-state index in [9.17, 15) is 9.90 Å². The topological polar surface area (TPSA) is 56.7 Å². The zero-order valence-electron chi connectivity index (χ0n) is 17.1. The monoisotopic (exact) mass is 381 g/mol. The van der Waals surface area contributed by atoms with Crippen LogP contribution in [-0.4, -0.2) is 58.6 Å². The molecule has 5 heteroatoms. The molecule has 1 N–H and O–H groups in total. The van der Waals surface area contributed by atoms with Crippen molar-refractivity contribution in [1.82, 2.24) is 14.8 Å². The van der Waals surface area contributed by atoms with Crippen molar-refractivity contribution in [2.75, 3.05) is 32.8 Å². The maximum Gasteiger partial charge on any atom is 0.230 e. The number of carbonyl (C=O) groups is 1. The summed E-state index contributed by atoms with van der Waals surface area (Å²) in [6, 6.07) is 12.2. The summed E-state index contributed by atoms with van der Waals surface area (Å²) in [4.78, 5) is 21.6. The van der Waals surface area contributed by atoms with E-state index < -0.39 is 0 Å². The molecule has 28 heavy (non-hydrogen) atoms. The van der Waals surface area contributed by atoms with Gasteiger partial charge >= 0.3 is 0 Å². The molecule has 0 radical (unpaired) electrons. The van der Waals surface area contributed by atoms with Crippen LogP contribution in [0.15, 0.2) is 48.8 Å². The summed E-state index contributed by atoms with van der Waals surface area (Å²) in [7, 11) is 0. The molecule has 1 aromatic heterocycles. The maximum absolute atomic E-state index is 13.2. The first kappa shape index (κ1) is 20.5. The van der Waals surface area contributed by atoms with Crippen LogP contribution in [0.2, 0.25) is 0 Å². The van der Waals surface area contributed by atoms with Crippen LogP contribution in [0.3, 0.4) is 0 Å². The van der Waals surface area contributed by atoms with E-state index in [0.717, 1.165) is 24.2 Å². The van der Waals surface area contributed by atoms with Crippen LogP contribution in [0.5, 0.6) is 0 Å². The van der Waals surface area contributed by atoms with Crippen LogP contribution >= 0.6 is 0 Å². The first-order valence-corrected chi connectivity index (χ1v) is 10.1. The zero-order chi connectivity index (χ0) is 20.1. The summed E-state index contributed by atoms with van der Waals surface area (Å²) in [5.74, 6) is 0.280. The Morgan fingerprint density at radius 1 is 1.07 bits per heavy atom. The molecule has 2 unspecified atom stereocenters. The lowest BCUT2D eigenvalue weighted by atomic mass is 9.87. The third kappa shape index (κ3) is 4.59. The van der Waals surface area contributed by atoms with E-state index in [1.165, 1.54) is 5.56 Å². The first-order valence-electron chi connectivity index (χ1n) is 10.1. The van der Waals surface area contributed by atoms with Gasteiger partial charge in [-0.25, -0.2) is 0 Å². The molecule has 1 aromatic carbocycles. The number of piperazine rings is 1. The van der Waals surface area contributed by atoms with Gasteiger partial charge in [-0.2, -0.15) is 0 Å². The first-order chi connectivity index (χ1) is 13.5. The van der Waals surface area contributed by atoms with E-state index in [1.807, 2.05) is 23.1 Å². The molecule has 0 aliphatic carbocycles. The summed E-state index contributed by atoms with van der Waals surface area (Å²) in [5.41, 5.74) is 3.37. The number of hydrogen-bond donors (Lipinski definition) is 1. The number of carbonyl (C=O) groups excluding carboxylic acids is 1. The van der Waals surface area contributed by atoms with Gasteiger partial charge in [-0.15, -0.1) is 0 Å². The van der Waals surface area contributed by atoms with Crippen molar-refractivity contribution in [2.45, 2.75) is 32.7 Å². The summed E-state index contributed by atoms with van der Waals surface area (Å²) in [6.07, 6.45) is 3.51. The normalized spacial score (nSPS) is 17.5. The molecule has 2 atom stereocenters. The molecule has 5 nitrogen and oxygen atoms in total. The van der Waals surface area contributed by atoms with Gasteiger partial charge in [-0.05, 0) is 36.1 Å². The Bertz CT molecular complexity index is 770. The predicted octanol–water partition coefficient (Wildman–Crippen LogP) is 3.01. The SMILES string of the molecule is Cc1cccc(C(CO)N2CCN(C(=O)C(c3ccncc3)C(C)C)CC2)c1. The lowest BCUT2D eigenvalue weighted by molar-refractivity contribution is -0.136. The van der Waals surface area contributed by atoms with Crippen LogP contribution in [0.1, 0.15) is 42.5 Å². The number of aliphatic hydroxyl groups excluding tert-OH is 1. The van der Waals surface area contributed by atoms with Crippen molar-refractivity contribution in [3.63, 3.8) is 0 Å². The zero-order valence-corrected chi connectivity index (χ0v) is 17.1. The highest BCUT2D eigenvalue weighted by molar-refractivity contribution is 5.84. The number of hydrogen-bond acceptors (Lipinski definition) is 4. The Hall–Kier alpha value is -2.24. The minimum Gasteiger partial charge on any atom is -0.394 e. The number of pyridine rings is 1. The van der Waals surface area contributed by atoms with Gasteiger partial charge in [-0.3, -0.25) is 14.7 Å². The summed E-state index contributed by atoms with van der Waals surface area (Å²) in [6.45, 7) is 9.27. The van der Waals surface area contributed by atoms with Gasteiger partial charge in [0.1, 0.15) is 0 Å². The van der Waals surface area contributed by atoms with Crippen molar-refractivity contribution in [2.24, 2.45) is 5.92 Å². The highest BCUT2D eigenvalue weighted by Gasteiger charge is 2.32. The largest absolute Gasteiger partial charge is 0.394 e. The van der Waals surface area contributed by atoms with Crippen molar-refractivity contribution in [3.8, 4) is 0 Å². The second kappa shape index (κ2) is 9.30. The third-order valence-electron chi connectivity index (χ3n) is 5.66. The molecule has 1 aliphatic heterocycles. The second-order valence-electron chi connectivity index (χ2n) is 7.98. The van der Waals surface area contributed by atoms with Gasteiger partial charge in [0.2, 0.25) is 5.91 Å². The number of aryl methyl sites for hydroxylation is 1. The molecule has 150 valence electrons. The standard InChI is InChI=1S/C23H31N3O2/c1-17(2)22(19-7-9-24-10-8-19)23(28)26-13-11-25(12-14-26)21(16-27)20-6-4-5-18(3)15-20/h4-10,15,17,21-22,27H,11-14,16H2,1-3H3. The minimum atomic E-state index is -0.139. The highest BCUT2D eigenvalue weighted by atomic mass is 16.3. The van der Waals surface area contributed by atoms with Crippen LogP contribution in [0.4, 0.5) is 0 Å². The van der Waals surface area contributed by atoms with Crippen molar-refractivity contribution < 1.29 is 9.90 Å². The van der Waals surface area contributed by atoms with Crippen molar-refractivity contribution >= 4 is 5.91 Å². The third-order valence-corrected chi connectivity index (χ3v) is 5.66. The van der Waals surface area contributed by atoms with Crippen LogP contribution < -0.4 is 0 Å². The van der Waals surface area contributed by atoms with Gasteiger partial charge in [0.15, 0.2) is 0 Å². The molecular weight excluding hydrogens is 350 g/mol. The van der Waals surface area contributed by atoms with E-state index in [2.05, 4.69) is 48.9 Å². The van der Waals surface area contributed by atoms with Crippen molar-refractivity contribution in [3.05, 3.63) is 65.5 Å². The number of benzene rings is 1. The fourth-order valence-corrected chi connectivity index (χ4v) is 4.14. The van der Waals surface area contributed by atoms with Gasteiger partial charge in [0.05, 0.1) is 18.6 Å². The Morgan fingerprint density at radius 2 is 1.75 bits per heavy atom. The van der Waals surface area contributed by atoms with Gasteiger partial charge in [0, 0.05) is 38.6 Å². The van der Waals surface area contributed by atoms with Crippen molar-refractivity contribution in [1.29, 1.82) is 0 Å². The average molecular weight is 382 g/mol. The number of aliphatic hydroxyl groups is 1.